The number of hydrogen-bond donors (Lipinski definition) is 0. The van der Waals surface area contributed by atoms with Gasteiger partial charge in [0.1, 0.15) is 12.2 Å². The number of hydrogen-bond acceptors (Lipinski definition) is 2. The summed E-state index contributed by atoms with van der Waals surface area (Å²) in [6, 6.07) is 7.28. The van der Waals surface area contributed by atoms with Gasteiger partial charge in [0, 0.05) is 5.56 Å². The monoisotopic (exact) mass is 176 g/mol. The highest BCUT2D eigenvalue weighted by Crippen LogP contribution is 2.24. The van der Waals surface area contributed by atoms with Gasteiger partial charge in [0.15, 0.2) is 5.03 Å². The fourth-order valence-corrected chi connectivity index (χ4v) is 1.40. The van der Waals surface area contributed by atoms with Gasteiger partial charge in [-0.2, -0.15) is 0 Å². The fraction of sp³-hybridized carbons (Fsp3) is 0.111. The molecule has 1 aromatic rings. The molecule has 0 amide bonds. The van der Waals surface area contributed by atoms with Crippen molar-refractivity contribution in [2.45, 2.75) is 0 Å². The van der Waals surface area contributed by atoms with Crippen molar-refractivity contribution >= 4 is 11.8 Å². The fourth-order valence-electron chi connectivity index (χ4n) is 1.40. The van der Waals surface area contributed by atoms with Crippen molar-refractivity contribution in [3.05, 3.63) is 46.0 Å². The van der Waals surface area contributed by atoms with Crippen LogP contribution >= 0.6 is 0 Å². The maximum Gasteiger partial charge on any atom is 0.165 e. The van der Waals surface area contributed by atoms with Crippen molar-refractivity contribution in [3.63, 3.8) is 0 Å². The van der Waals surface area contributed by atoms with E-state index < -0.39 is 0 Å². The van der Waals surface area contributed by atoms with Gasteiger partial charge < -0.3 is 0 Å². The number of benzene rings is 1. The highest BCUT2D eigenvalue weighted by molar-refractivity contribution is 5.69. The molecule has 4 heteroatoms. The lowest BCUT2D eigenvalue weighted by molar-refractivity contribution is -0.493. The molecule has 1 aromatic carbocycles. The maximum absolute atomic E-state index is 10.6. The van der Waals surface area contributed by atoms with Crippen molar-refractivity contribution in [3.8, 4) is 0 Å². The summed E-state index contributed by atoms with van der Waals surface area (Å²) in [5, 5.41) is 11.4. The summed E-state index contributed by atoms with van der Waals surface area (Å²) in [6.07, 6.45) is 3.68. The number of nitrogens with zero attached hydrogens (tertiary/aromatic N) is 2. The van der Waals surface area contributed by atoms with Crippen LogP contribution in [0, 0.1) is 10.1 Å². The average Bonchev–Trinajstić information content (AvgIpc) is 2.17. The molecular formula is C9H8N2O2. The van der Waals surface area contributed by atoms with Gasteiger partial charge >= 0.3 is 0 Å². The minimum absolute atomic E-state index is 0.337. The summed E-state index contributed by atoms with van der Waals surface area (Å²) in [6.45, 7) is 0.337. The lowest BCUT2D eigenvalue weighted by Crippen LogP contribution is -2.31. The molecule has 0 radical (unpaired) electrons. The first-order valence-corrected chi connectivity index (χ1v) is 3.96. The molecule has 1 aliphatic heterocycles. The SMILES string of the molecule is O=[N+]([O-])N1CC=Cc2ccccc21. The Morgan fingerprint density at radius 3 is 2.92 bits per heavy atom. The van der Waals surface area contributed by atoms with Crippen molar-refractivity contribution in [1.82, 2.24) is 0 Å². The largest absolute Gasteiger partial charge is 0.234 e. The quantitative estimate of drug-likeness (QED) is 0.483. The van der Waals surface area contributed by atoms with Crippen LogP contribution in [0.15, 0.2) is 30.3 Å². The lowest BCUT2D eigenvalue weighted by atomic mass is 10.1. The average molecular weight is 176 g/mol. The standard InChI is InChI=1S/C9H8N2O2/c12-11(13)10-7-3-5-8-4-1-2-6-9(8)10/h1-6H,7H2. The van der Waals surface area contributed by atoms with E-state index in [0.29, 0.717) is 12.2 Å². The van der Waals surface area contributed by atoms with Gasteiger partial charge in [0.2, 0.25) is 0 Å². The number of nitro groups is 1. The minimum atomic E-state index is -0.387. The molecule has 0 saturated heterocycles. The first kappa shape index (κ1) is 7.79. The van der Waals surface area contributed by atoms with E-state index in [9.17, 15) is 10.1 Å². The Morgan fingerprint density at radius 1 is 1.38 bits per heavy atom. The minimum Gasteiger partial charge on any atom is -0.234 e. The van der Waals surface area contributed by atoms with E-state index in [1.165, 1.54) is 0 Å². The molecule has 1 heterocycles. The van der Waals surface area contributed by atoms with Gasteiger partial charge in [-0.3, -0.25) is 0 Å². The summed E-state index contributed by atoms with van der Waals surface area (Å²) in [4.78, 5) is 10.6. The molecule has 0 bridgehead atoms. The predicted molar refractivity (Wildman–Crippen MR) is 49.8 cm³/mol. The van der Waals surface area contributed by atoms with Crippen LogP contribution in [-0.4, -0.2) is 11.6 Å². The van der Waals surface area contributed by atoms with Gasteiger partial charge in [0.05, 0.1) is 0 Å². The summed E-state index contributed by atoms with van der Waals surface area (Å²) in [7, 11) is 0. The first-order valence-electron chi connectivity index (χ1n) is 3.96. The van der Waals surface area contributed by atoms with Gasteiger partial charge in [-0.05, 0) is 6.07 Å². The molecule has 0 spiro atoms. The number of rotatable bonds is 1. The van der Waals surface area contributed by atoms with Crippen LogP contribution in [0.25, 0.3) is 6.08 Å². The molecule has 0 aliphatic carbocycles. The Balaban J connectivity index is 2.49. The van der Waals surface area contributed by atoms with E-state index in [4.69, 9.17) is 0 Å². The normalized spacial score (nSPS) is 14.0. The van der Waals surface area contributed by atoms with E-state index >= 15 is 0 Å². The summed E-state index contributed by atoms with van der Waals surface area (Å²) in [5.74, 6) is 0. The molecule has 0 N–H and O–H groups in total. The van der Waals surface area contributed by atoms with Crippen molar-refractivity contribution in [1.29, 1.82) is 0 Å². The van der Waals surface area contributed by atoms with Crippen molar-refractivity contribution < 1.29 is 5.03 Å². The van der Waals surface area contributed by atoms with Gasteiger partial charge in [-0.15, -0.1) is 0 Å². The maximum atomic E-state index is 10.6. The van der Waals surface area contributed by atoms with E-state index in [1.807, 2.05) is 18.2 Å². The van der Waals surface area contributed by atoms with E-state index in [1.54, 1.807) is 18.2 Å². The third-order valence-corrected chi connectivity index (χ3v) is 1.99. The molecule has 0 saturated carbocycles. The Morgan fingerprint density at radius 2 is 2.15 bits per heavy atom. The number of para-hydroxylation sites is 1. The number of anilines is 1. The smallest absolute Gasteiger partial charge is 0.165 e. The van der Waals surface area contributed by atoms with Crippen molar-refractivity contribution in [2.24, 2.45) is 0 Å². The third-order valence-electron chi connectivity index (χ3n) is 1.99. The van der Waals surface area contributed by atoms with Crippen molar-refractivity contribution in [2.75, 3.05) is 11.6 Å². The molecule has 0 fully saturated rings. The van der Waals surface area contributed by atoms with E-state index in [-0.39, 0.29) is 5.03 Å². The first-order chi connectivity index (χ1) is 6.29. The zero-order valence-corrected chi connectivity index (χ0v) is 6.88. The van der Waals surface area contributed by atoms with Crippen LogP contribution in [0.2, 0.25) is 0 Å². The predicted octanol–water partition coefficient (Wildman–Crippen LogP) is 1.71. The van der Waals surface area contributed by atoms with Crippen LogP contribution < -0.4 is 5.01 Å². The Bertz CT molecular complexity index is 374. The third kappa shape index (κ3) is 1.26. The van der Waals surface area contributed by atoms with Crippen LogP contribution in [0.5, 0.6) is 0 Å². The van der Waals surface area contributed by atoms with Crippen LogP contribution in [0.4, 0.5) is 5.69 Å². The second-order valence-electron chi connectivity index (χ2n) is 2.78. The summed E-state index contributed by atoms with van der Waals surface area (Å²) >= 11 is 0. The molecule has 0 aromatic heterocycles. The highest BCUT2D eigenvalue weighted by atomic mass is 16.7. The Kier molecular flexibility index (Phi) is 1.73. The summed E-state index contributed by atoms with van der Waals surface area (Å²) < 4.78 is 0. The molecule has 1 aliphatic rings. The lowest BCUT2D eigenvalue weighted by Gasteiger charge is -2.17. The molecule has 66 valence electrons. The van der Waals surface area contributed by atoms with Crippen LogP contribution in [0.1, 0.15) is 5.56 Å². The second kappa shape index (κ2) is 2.90. The highest BCUT2D eigenvalue weighted by Gasteiger charge is 2.20. The van der Waals surface area contributed by atoms with Gasteiger partial charge in [0.25, 0.3) is 0 Å². The molecule has 4 nitrogen and oxygen atoms in total. The molecular weight excluding hydrogens is 168 g/mol. The molecule has 0 unspecified atom stereocenters. The number of fused-ring (bicyclic) bond motifs is 1. The molecule has 2 rings (SSSR count). The number of hydrazine groups is 1. The zero-order chi connectivity index (χ0) is 9.26. The van der Waals surface area contributed by atoms with Gasteiger partial charge in [-0.25, -0.2) is 10.1 Å². The van der Waals surface area contributed by atoms with Crippen LogP contribution in [-0.2, 0) is 0 Å². The molecule has 0 atom stereocenters. The van der Waals surface area contributed by atoms with Gasteiger partial charge in [-0.1, -0.05) is 35.4 Å². The second-order valence-corrected chi connectivity index (χ2v) is 2.78. The Labute approximate surface area is 75.2 Å². The van der Waals surface area contributed by atoms with E-state index in [2.05, 4.69) is 0 Å². The Hall–Kier alpha value is -1.84. The molecule has 13 heavy (non-hydrogen) atoms. The van der Waals surface area contributed by atoms with E-state index in [0.717, 1.165) is 10.6 Å². The van der Waals surface area contributed by atoms with Crippen LogP contribution in [0.3, 0.4) is 0 Å². The summed E-state index contributed by atoms with van der Waals surface area (Å²) in [5.41, 5.74) is 1.56. The topological polar surface area (TPSA) is 46.4 Å². The zero-order valence-electron chi connectivity index (χ0n) is 6.88.